The second-order valence-corrected chi connectivity index (χ2v) is 1.43. The molecule has 0 rings (SSSR count). The molecule has 5 N–H and O–H groups in total. The number of hydrogen-bond acceptors (Lipinski definition) is 4. The monoisotopic (exact) mass is 180 g/mol. The first-order valence-corrected chi connectivity index (χ1v) is 3.29. The average Bonchev–Trinajstić information content (AvgIpc) is 1.93. The summed E-state index contributed by atoms with van der Waals surface area (Å²) in [6, 6.07) is 0. The van der Waals surface area contributed by atoms with E-state index < -0.39 is 5.97 Å². The average molecular weight is 180 g/mol. The summed E-state index contributed by atoms with van der Waals surface area (Å²) in [6.45, 7) is 4.14. The lowest BCUT2D eigenvalue weighted by molar-refractivity contribution is -0.134. The molecule has 0 aliphatic heterocycles. The molecule has 0 atom stereocenters. The van der Waals surface area contributed by atoms with Crippen molar-refractivity contribution < 1.29 is 14.7 Å². The molecule has 5 heteroatoms. The lowest BCUT2D eigenvalue weighted by Crippen LogP contribution is -1.78. The molecule has 0 aromatic rings. The van der Waals surface area contributed by atoms with Gasteiger partial charge in [0.25, 0.3) is 5.97 Å². The van der Waals surface area contributed by atoms with Crippen molar-refractivity contribution in [3.63, 3.8) is 0 Å². The Labute approximate surface area is 73.7 Å². The van der Waals surface area contributed by atoms with Crippen LogP contribution in [0.4, 0.5) is 0 Å². The van der Waals surface area contributed by atoms with Gasteiger partial charge in [0.2, 0.25) is 0 Å². The first kappa shape index (κ1) is 22.5. The molecule has 0 amide bonds. The van der Waals surface area contributed by atoms with Crippen molar-refractivity contribution in [3.05, 3.63) is 0 Å². The number of carbonyl (C=O) groups is 2. The van der Waals surface area contributed by atoms with E-state index in [1.807, 2.05) is 0 Å². The fourth-order valence-electron chi connectivity index (χ4n) is 0. The maximum Gasteiger partial charge on any atom is 0.300 e. The number of carbonyl (C=O) groups excluding carboxylic acids is 1. The van der Waals surface area contributed by atoms with Crippen molar-refractivity contribution in [1.82, 2.24) is 0 Å². The normalized spacial score (nSPS) is 5.25. The summed E-state index contributed by atoms with van der Waals surface area (Å²) in [5, 5.41) is 7.42. The van der Waals surface area contributed by atoms with Crippen LogP contribution >= 0.6 is 0 Å². The molecule has 0 bridgehead atoms. The number of rotatable bonds is 0. The fourth-order valence-corrected chi connectivity index (χ4v) is 0. The van der Waals surface area contributed by atoms with Gasteiger partial charge in [0.15, 0.2) is 0 Å². The van der Waals surface area contributed by atoms with Crippen LogP contribution in [0.5, 0.6) is 0 Å². The van der Waals surface area contributed by atoms with E-state index in [0.717, 1.165) is 6.92 Å². The van der Waals surface area contributed by atoms with Gasteiger partial charge in [-0.05, 0) is 27.9 Å². The smallest absolute Gasteiger partial charge is 0.300 e. The highest BCUT2D eigenvalue weighted by Crippen LogP contribution is 1.50. The van der Waals surface area contributed by atoms with Gasteiger partial charge < -0.3 is 21.4 Å². The van der Waals surface area contributed by atoms with E-state index in [9.17, 15) is 4.79 Å². The Bertz CT molecular complexity index is 74.7. The molecule has 0 fully saturated rings. The molecule has 0 aliphatic carbocycles. The van der Waals surface area contributed by atoms with E-state index in [1.165, 1.54) is 27.9 Å². The number of hydrogen-bond donors (Lipinski definition) is 3. The second-order valence-electron chi connectivity index (χ2n) is 1.43. The molecule has 5 nitrogen and oxygen atoms in total. The summed E-state index contributed by atoms with van der Waals surface area (Å²) in [5.41, 5.74) is 9.00. The van der Waals surface area contributed by atoms with Crippen LogP contribution < -0.4 is 11.5 Å². The van der Waals surface area contributed by atoms with E-state index in [1.54, 1.807) is 0 Å². The maximum absolute atomic E-state index is 9.44. The molecular weight excluding hydrogens is 160 g/mol. The zero-order chi connectivity index (χ0) is 11.2. The molecule has 0 heterocycles. The Morgan fingerprint density at radius 1 is 0.917 bits per heavy atom. The van der Waals surface area contributed by atoms with Crippen molar-refractivity contribution in [1.29, 1.82) is 0 Å². The van der Waals surface area contributed by atoms with Crippen molar-refractivity contribution >= 4 is 11.8 Å². The summed E-state index contributed by atoms with van der Waals surface area (Å²) in [7, 11) is 3.00. The Balaban J connectivity index is -0.0000000380. The Kier molecular flexibility index (Phi) is 60.4. The molecule has 0 aliphatic rings. The van der Waals surface area contributed by atoms with Gasteiger partial charge in [0.1, 0.15) is 5.78 Å². The lowest BCUT2D eigenvalue weighted by atomic mass is 10.6. The molecule has 0 saturated carbocycles. The van der Waals surface area contributed by atoms with Gasteiger partial charge in [-0.15, -0.1) is 0 Å². The third-order valence-electron chi connectivity index (χ3n) is 0. The number of nitrogens with two attached hydrogens (primary N) is 2. The summed E-state index contributed by atoms with van der Waals surface area (Å²) in [4.78, 5) is 18.4. The van der Waals surface area contributed by atoms with Crippen LogP contribution in [0.1, 0.15) is 20.8 Å². The van der Waals surface area contributed by atoms with E-state index in [0.29, 0.717) is 0 Å². The minimum Gasteiger partial charge on any atom is -0.481 e. The molecule has 0 aromatic heterocycles. The van der Waals surface area contributed by atoms with E-state index in [4.69, 9.17) is 9.90 Å². The molecule has 0 aromatic carbocycles. The Morgan fingerprint density at radius 2 is 0.917 bits per heavy atom. The Hall–Kier alpha value is -0.940. The first-order valence-electron chi connectivity index (χ1n) is 3.29. The van der Waals surface area contributed by atoms with Gasteiger partial charge in [-0.2, -0.15) is 0 Å². The molecule has 0 radical (unpaired) electrons. The lowest BCUT2D eigenvalue weighted by Gasteiger charge is -1.59. The predicted octanol–water partition coefficient (Wildman–Crippen LogP) is -0.164. The van der Waals surface area contributed by atoms with E-state index in [-0.39, 0.29) is 5.78 Å². The van der Waals surface area contributed by atoms with E-state index >= 15 is 0 Å². The Morgan fingerprint density at radius 3 is 0.917 bits per heavy atom. The van der Waals surface area contributed by atoms with Crippen molar-refractivity contribution in [2.24, 2.45) is 11.5 Å². The number of carboxylic acid groups (broad SMARTS) is 1. The summed E-state index contributed by atoms with van der Waals surface area (Å²) < 4.78 is 0. The van der Waals surface area contributed by atoms with Crippen LogP contribution in [0.25, 0.3) is 0 Å². The van der Waals surface area contributed by atoms with Crippen molar-refractivity contribution in [2.45, 2.75) is 20.8 Å². The number of aliphatic carboxylic acids is 1. The topological polar surface area (TPSA) is 106 Å². The highest BCUT2D eigenvalue weighted by atomic mass is 16.4. The van der Waals surface area contributed by atoms with Gasteiger partial charge in [-0.3, -0.25) is 4.79 Å². The van der Waals surface area contributed by atoms with Gasteiger partial charge >= 0.3 is 0 Å². The molecule has 0 saturated heterocycles. The maximum atomic E-state index is 9.44. The van der Waals surface area contributed by atoms with Crippen molar-refractivity contribution in [3.8, 4) is 0 Å². The highest BCUT2D eigenvalue weighted by Gasteiger charge is 1.65. The SMILES string of the molecule is CC(=O)O.CC(C)=O.CN.CN. The van der Waals surface area contributed by atoms with E-state index in [2.05, 4.69) is 11.5 Å². The van der Waals surface area contributed by atoms with Crippen LogP contribution in [0.2, 0.25) is 0 Å². The molecule has 0 unspecified atom stereocenters. The largest absolute Gasteiger partial charge is 0.481 e. The quantitative estimate of drug-likeness (QED) is 0.480. The van der Waals surface area contributed by atoms with Crippen LogP contribution in [0.3, 0.4) is 0 Å². The minimum absolute atomic E-state index is 0.167. The number of ketones is 1. The zero-order valence-corrected chi connectivity index (χ0v) is 8.42. The molecular formula is C7H20N2O3. The number of carboxylic acids is 1. The standard InChI is InChI=1S/C3H6O.C2H4O2.2CH5N/c1-3(2)4;1-2(3)4;2*1-2/h1-2H3;1H3,(H,3,4);2*2H2,1H3. The second kappa shape index (κ2) is 32.3. The van der Waals surface area contributed by atoms with Crippen LogP contribution in [-0.4, -0.2) is 31.0 Å². The summed E-state index contributed by atoms with van der Waals surface area (Å²) in [6.07, 6.45) is 0. The van der Waals surface area contributed by atoms with Gasteiger partial charge in [0.05, 0.1) is 0 Å². The summed E-state index contributed by atoms with van der Waals surface area (Å²) in [5.74, 6) is -0.667. The summed E-state index contributed by atoms with van der Waals surface area (Å²) >= 11 is 0. The molecule has 0 spiro atoms. The zero-order valence-electron chi connectivity index (χ0n) is 8.42. The molecule has 12 heavy (non-hydrogen) atoms. The van der Waals surface area contributed by atoms with Crippen LogP contribution in [-0.2, 0) is 9.59 Å². The van der Waals surface area contributed by atoms with Crippen LogP contribution in [0.15, 0.2) is 0 Å². The highest BCUT2D eigenvalue weighted by molar-refractivity contribution is 5.72. The third kappa shape index (κ3) is 666. The number of Topliss-reactive ketones (excluding diaryl/α,β-unsaturated/α-hetero) is 1. The third-order valence-corrected chi connectivity index (χ3v) is 0. The minimum atomic E-state index is -0.833. The first-order chi connectivity index (χ1) is 5.46. The van der Waals surface area contributed by atoms with Gasteiger partial charge in [-0.25, -0.2) is 0 Å². The van der Waals surface area contributed by atoms with Gasteiger partial charge in [-0.1, -0.05) is 0 Å². The van der Waals surface area contributed by atoms with Gasteiger partial charge in [0, 0.05) is 6.92 Å². The van der Waals surface area contributed by atoms with Crippen LogP contribution in [0, 0.1) is 0 Å². The molecule has 76 valence electrons. The van der Waals surface area contributed by atoms with Crippen molar-refractivity contribution in [2.75, 3.05) is 14.1 Å². The predicted molar refractivity (Wildman–Crippen MR) is 49.9 cm³/mol. The fraction of sp³-hybridized carbons (Fsp3) is 0.714.